The lowest BCUT2D eigenvalue weighted by atomic mass is 9.96. The van der Waals surface area contributed by atoms with Gasteiger partial charge in [0.05, 0.1) is 6.61 Å². The van der Waals surface area contributed by atoms with E-state index in [1.807, 2.05) is 30.3 Å². The van der Waals surface area contributed by atoms with Crippen LogP contribution in [0, 0.1) is 0 Å². The SMILES string of the molecule is O=C(CCCCCNC(=O)NC1CCCCC1)N[C@@H](Cc1ccccc1)C(=O)N[C@@H](CO)C(=O)O. The first-order chi connectivity index (χ1) is 16.9. The zero-order valence-electron chi connectivity index (χ0n) is 20.1. The number of amides is 4. The molecular formula is C25H38N4O6. The van der Waals surface area contributed by atoms with Crippen LogP contribution in [-0.2, 0) is 20.8 Å². The standard InChI is InChI=1S/C25H38N4O6/c30-17-21(24(33)34)29-23(32)20(16-18-10-4-1-5-11-18)28-22(31)14-8-3-9-15-26-25(35)27-19-12-6-2-7-13-19/h1,4-5,10-11,19-21,30H,2-3,6-9,12-17H2,(H,28,31)(H,29,32)(H,33,34)(H2,26,27,35)/t20-,21-/m0/s1. The van der Waals surface area contributed by atoms with E-state index in [1.165, 1.54) is 6.42 Å². The van der Waals surface area contributed by atoms with E-state index in [0.29, 0.717) is 13.0 Å². The molecule has 2 atom stereocenters. The number of aliphatic carboxylic acids is 1. The summed E-state index contributed by atoms with van der Waals surface area (Å²) in [6, 6.07) is 6.77. The van der Waals surface area contributed by atoms with Crippen LogP contribution in [0.25, 0.3) is 0 Å². The summed E-state index contributed by atoms with van der Waals surface area (Å²) >= 11 is 0. The van der Waals surface area contributed by atoms with Crippen LogP contribution >= 0.6 is 0 Å². The highest BCUT2D eigenvalue weighted by Crippen LogP contribution is 2.17. The van der Waals surface area contributed by atoms with Crippen molar-refractivity contribution in [3.63, 3.8) is 0 Å². The quantitative estimate of drug-likeness (QED) is 0.217. The molecule has 35 heavy (non-hydrogen) atoms. The van der Waals surface area contributed by atoms with Crippen LogP contribution in [0.3, 0.4) is 0 Å². The van der Waals surface area contributed by atoms with Gasteiger partial charge in [-0.2, -0.15) is 0 Å². The minimum atomic E-state index is -1.44. The molecule has 1 aromatic rings. The fraction of sp³-hybridized carbons (Fsp3) is 0.600. The van der Waals surface area contributed by atoms with Gasteiger partial charge < -0.3 is 31.5 Å². The van der Waals surface area contributed by atoms with Crippen molar-refractivity contribution in [3.05, 3.63) is 35.9 Å². The summed E-state index contributed by atoms with van der Waals surface area (Å²) in [5.74, 6) is -2.34. The van der Waals surface area contributed by atoms with Crippen LogP contribution in [0.4, 0.5) is 4.79 Å². The molecule has 1 aromatic carbocycles. The highest BCUT2D eigenvalue weighted by Gasteiger charge is 2.26. The number of benzene rings is 1. The first kappa shape index (κ1) is 28.1. The summed E-state index contributed by atoms with van der Waals surface area (Å²) in [6.07, 6.45) is 8.05. The van der Waals surface area contributed by atoms with Crippen molar-refractivity contribution in [3.8, 4) is 0 Å². The molecule has 0 heterocycles. The van der Waals surface area contributed by atoms with Crippen molar-refractivity contribution < 1.29 is 29.4 Å². The molecule has 0 spiro atoms. The minimum Gasteiger partial charge on any atom is -0.480 e. The Kier molecular flexibility index (Phi) is 12.6. The van der Waals surface area contributed by atoms with Crippen molar-refractivity contribution in [2.24, 2.45) is 0 Å². The number of nitrogens with one attached hydrogen (secondary N) is 4. The third-order valence-corrected chi connectivity index (χ3v) is 6.04. The maximum absolute atomic E-state index is 12.6. The summed E-state index contributed by atoms with van der Waals surface area (Å²) in [5.41, 5.74) is 0.807. The Balaban J connectivity index is 1.72. The number of rotatable bonds is 14. The third kappa shape index (κ3) is 11.2. The van der Waals surface area contributed by atoms with E-state index in [2.05, 4.69) is 21.3 Å². The molecule has 10 heteroatoms. The summed E-state index contributed by atoms with van der Waals surface area (Å²) in [6.45, 7) is -0.225. The number of aliphatic hydroxyl groups is 1. The number of hydrogen-bond donors (Lipinski definition) is 6. The van der Waals surface area contributed by atoms with Crippen LogP contribution in [0.5, 0.6) is 0 Å². The van der Waals surface area contributed by atoms with Gasteiger partial charge >= 0.3 is 12.0 Å². The first-order valence-electron chi connectivity index (χ1n) is 12.4. The highest BCUT2D eigenvalue weighted by atomic mass is 16.4. The topological polar surface area (TPSA) is 157 Å². The number of carbonyl (C=O) groups excluding carboxylic acids is 3. The summed E-state index contributed by atoms with van der Waals surface area (Å²) in [4.78, 5) is 48.2. The molecule has 1 fully saturated rings. The van der Waals surface area contributed by atoms with Crippen LogP contribution in [0.15, 0.2) is 30.3 Å². The number of aliphatic hydroxyl groups excluding tert-OH is 1. The molecule has 6 N–H and O–H groups in total. The van der Waals surface area contributed by atoms with Gasteiger partial charge in [0.15, 0.2) is 0 Å². The average Bonchev–Trinajstić information content (AvgIpc) is 2.85. The monoisotopic (exact) mass is 490 g/mol. The Bertz CT molecular complexity index is 813. The molecule has 0 bridgehead atoms. The first-order valence-corrected chi connectivity index (χ1v) is 12.4. The van der Waals surface area contributed by atoms with Gasteiger partial charge in [0, 0.05) is 25.4 Å². The smallest absolute Gasteiger partial charge is 0.328 e. The van der Waals surface area contributed by atoms with Crippen LogP contribution in [0.1, 0.15) is 63.4 Å². The van der Waals surface area contributed by atoms with E-state index in [4.69, 9.17) is 5.11 Å². The number of unbranched alkanes of at least 4 members (excludes halogenated alkanes) is 2. The Hall–Kier alpha value is -3.14. The molecule has 10 nitrogen and oxygen atoms in total. The lowest BCUT2D eigenvalue weighted by molar-refractivity contribution is -0.143. The highest BCUT2D eigenvalue weighted by molar-refractivity contribution is 5.90. The van der Waals surface area contributed by atoms with Gasteiger partial charge in [0.25, 0.3) is 0 Å². The average molecular weight is 491 g/mol. The van der Waals surface area contributed by atoms with Crippen molar-refractivity contribution in [1.82, 2.24) is 21.3 Å². The summed E-state index contributed by atoms with van der Waals surface area (Å²) in [5, 5.41) is 29.1. The largest absolute Gasteiger partial charge is 0.480 e. The fourth-order valence-electron chi connectivity index (χ4n) is 4.06. The van der Waals surface area contributed by atoms with Crippen molar-refractivity contribution in [1.29, 1.82) is 0 Å². The fourth-order valence-corrected chi connectivity index (χ4v) is 4.06. The zero-order valence-corrected chi connectivity index (χ0v) is 20.1. The van der Waals surface area contributed by atoms with Gasteiger partial charge in [0.1, 0.15) is 12.1 Å². The molecule has 0 unspecified atom stereocenters. The molecule has 4 amide bonds. The third-order valence-electron chi connectivity index (χ3n) is 6.04. The summed E-state index contributed by atoms with van der Waals surface area (Å²) < 4.78 is 0. The Morgan fingerprint density at radius 2 is 1.63 bits per heavy atom. The molecule has 0 aliphatic heterocycles. The Labute approximate surface area is 206 Å². The maximum atomic E-state index is 12.6. The molecule has 0 saturated heterocycles. The maximum Gasteiger partial charge on any atom is 0.328 e. The predicted octanol–water partition coefficient (Wildman–Crippen LogP) is 1.47. The number of carboxylic acid groups (broad SMARTS) is 1. The van der Waals surface area contributed by atoms with E-state index >= 15 is 0 Å². The van der Waals surface area contributed by atoms with E-state index in [1.54, 1.807) is 0 Å². The van der Waals surface area contributed by atoms with Crippen molar-refractivity contribution >= 4 is 23.8 Å². The van der Waals surface area contributed by atoms with Gasteiger partial charge in [-0.1, -0.05) is 56.0 Å². The van der Waals surface area contributed by atoms with E-state index in [-0.39, 0.29) is 30.8 Å². The van der Waals surface area contributed by atoms with E-state index < -0.39 is 30.6 Å². The zero-order chi connectivity index (χ0) is 25.5. The molecule has 1 saturated carbocycles. The number of urea groups is 1. The minimum absolute atomic E-state index is 0.146. The molecule has 2 rings (SSSR count). The van der Waals surface area contributed by atoms with Gasteiger partial charge in [0.2, 0.25) is 11.8 Å². The van der Waals surface area contributed by atoms with E-state index in [0.717, 1.165) is 44.1 Å². The molecule has 1 aliphatic rings. The number of carbonyl (C=O) groups is 4. The van der Waals surface area contributed by atoms with Gasteiger partial charge in [-0.05, 0) is 31.2 Å². The molecule has 0 aromatic heterocycles. The van der Waals surface area contributed by atoms with Crippen LogP contribution < -0.4 is 21.3 Å². The second-order valence-corrected chi connectivity index (χ2v) is 8.94. The number of hydrogen-bond acceptors (Lipinski definition) is 5. The predicted molar refractivity (Wildman–Crippen MR) is 131 cm³/mol. The van der Waals surface area contributed by atoms with Crippen LogP contribution in [0.2, 0.25) is 0 Å². The van der Waals surface area contributed by atoms with Crippen molar-refractivity contribution in [2.45, 2.75) is 82.3 Å². The van der Waals surface area contributed by atoms with Crippen LogP contribution in [-0.4, -0.2) is 65.3 Å². The Morgan fingerprint density at radius 3 is 2.29 bits per heavy atom. The lowest BCUT2D eigenvalue weighted by Gasteiger charge is -2.22. The normalized spacial score (nSPS) is 15.5. The number of carboxylic acids is 1. The van der Waals surface area contributed by atoms with Crippen molar-refractivity contribution in [2.75, 3.05) is 13.2 Å². The lowest BCUT2D eigenvalue weighted by Crippen LogP contribution is -2.53. The summed E-state index contributed by atoms with van der Waals surface area (Å²) in [7, 11) is 0. The molecule has 0 radical (unpaired) electrons. The second kappa shape index (κ2) is 15.7. The van der Waals surface area contributed by atoms with Gasteiger partial charge in [-0.25, -0.2) is 9.59 Å². The second-order valence-electron chi connectivity index (χ2n) is 8.94. The van der Waals surface area contributed by atoms with E-state index in [9.17, 15) is 24.3 Å². The van der Waals surface area contributed by atoms with Gasteiger partial charge in [-0.15, -0.1) is 0 Å². The molecule has 194 valence electrons. The van der Waals surface area contributed by atoms with Gasteiger partial charge in [-0.3, -0.25) is 9.59 Å². The molecule has 1 aliphatic carbocycles. The molecular weight excluding hydrogens is 452 g/mol. The Morgan fingerprint density at radius 1 is 0.914 bits per heavy atom.